The predicted molar refractivity (Wildman–Crippen MR) is 123 cm³/mol. The number of anilines is 3. The Hall–Kier alpha value is -3.15. The average molecular weight is 417 g/mol. The van der Waals surface area contributed by atoms with E-state index in [1.807, 2.05) is 48.7 Å². The Balaban J connectivity index is 1.44. The Morgan fingerprint density at radius 2 is 1.63 bits per heavy atom. The van der Waals surface area contributed by atoms with Crippen molar-refractivity contribution in [2.45, 2.75) is 0 Å². The molecule has 0 bridgehead atoms. The molecule has 1 aromatic heterocycles. The summed E-state index contributed by atoms with van der Waals surface area (Å²) in [5, 5.41) is 5.00. The normalized spacial score (nSPS) is 14.1. The van der Waals surface area contributed by atoms with Crippen LogP contribution in [0.2, 0.25) is 5.02 Å². The molecule has 1 saturated heterocycles. The number of morpholine rings is 1. The molecule has 0 saturated carbocycles. The Morgan fingerprint density at radius 1 is 0.867 bits per heavy atom. The number of fused-ring (bicyclic) bond motifs is 1. The first-order valence-electron chi connectivity index (χ1n) is 9.98. The molecule has 1 N–H and O–H groups in total. The second-order valence-corrected chi connectivity index (χ2v) is 7.60. The Labute approximate surface area is 180 Å². The van der Waals surface area contributed by atoms with Gasteiger partial charge in [0.25, 0.3) is 0 Å². The topological polar surface area (TPSA) is 50.3 Å². The molecule has 0 aliphatic carbocycles. The number of nitrogens with one attached hydrogen (secondary N) is 1. The third-order valence-electron chi connectivity index (χ3n) is 5.27. The fourth-order valence-corrected chi connectivity index (χ4v) is 3.96. The Bertz CT molecular complexity index is 1170. The van der Waals surface area contributed by atoms with E-state index in [2.05, 4.69) is 39.5 Å². The summed E-state index contributed by atoms with van der Waals surface area (Å²) in [5.41, 5.74) is 4.97. The molecule has 1 aliphatic heterocycles. The standard InChI is InChI=1S/C24H21ClN4O/c25-22-7-2-1-5-20(22)21-6-3-4-17-16-26-24(28-23(17)21)27-18-8-10-19(11-9-18)29-12-14-30-15-13-29/h1-11,16H,12-15H2,(H,26,27,28). The van der Waals surface area contributed by atoms with Crippen molar-refractivity contribution in [2.75, 3.05) is 36.5 Å². The minimum atomic E-state index is 0.557. The smallest absolute Gasteiger partial charge is 0.227 e. The SMILES string of the molecule is Clc1ccccc1-c1cccc2cnc(Nc3ccc(N4CCOCC4)cc3)nc12. The van der Waals surface area contributed by atoms with E-state index in [1.54, 1.807) is 0 Å². The molecule has 5 rings (SSSR count). The van der Waals surface area contributed by atoms with Crippen LogP contribution in [0.3, 0.4) is 0 Å². The van der Waals surface area contributed by atoms with Crippen molar-refractivity contribution in [1.29, 1.82) is 0 Å². The molecule has 30 heavy (non-hydrogen) atoms. The van der Waals surface area contributed by atoms with E-state index in [0.717, 1.165) is 54.0 Å². The third-order valence-corrected chi connectivity index (χ3v) is 5.60. The number of halogens is 1. The largest absolute Gasteiger partial charge is 0.378 e. The van der Waals surface area contributed by atoms with Gasteiger partial charge in [0.15, 0.2) is 0 Å². The molecule has 0 radical (unpaired) electrons. The van der Waals surface area contributed by atoms with Gasteiger partial charge in [-0.05, 0) is 30.3 Å². The number of rotatable bonds is 4. The van der Waals surface area contributed by atoms with E-state index in [9.17, 15) is 0 Å². The first kappa shape index (κ1) is 18.9. The van der Waals surface area contributed by atoms with Gasteiger partial charge in [0.1, 0.15) is 0 Å². The highest BCUT2D eigenvalue weighted by Crippen LogP contribution is 2.33. The van der Waals surface area contributed by atoms with Crippen molar-refractivity contribution in [1.82, 2.24) is 9.97 Å². The molecular weight excluding hydrogens is 396 g/mol. The van der Waals surface area contributed by atoms with Crippen molar-refractivity contribution in [3.05, 3.63) is 77.9 Å². The fourth-order valence-electron chi connectivity index (χ4n) is 3.72. The number of hydrogen-bond donors (Lipinski definition) is 1. The van der Waals surface area contributed by atoms with Gasteiger partial charge in [-0.2, -0.15) is 0 Å². The maximum Gasteiger partial charge on any atom is 0.227 e. The molecule has 0 spiro atoms. The lowest BCUT2D eigenvalue weighted by Gasteiger charge is -2.28. The summed E-state index contributed by atoms with van der Waals surface area (Å²) in [6.07, 6.45) is 1.84. The lowest BCUT2D eigenvalue weighted by molar-refractivity contribution is 0.122. The maximum atomic E-state index is 6.44. The fraction of sp³-hybridized carbons (Fsp3) is 0.167. The molecule has 0 atom stereocenters. The molecule has 0 amide bonds. The number of aromatic nitrogens is 2. The molecule has 4 aromatic rings. The van der Waals surface area contributed by atoms with Crippen LogP contribution in [-0.2, 0) is 4.74 Å². The van der Waals surface area contributed by atoms with Gasteiger partial charge in [-0.3, -0.25) is 0 Å². The average Bonchev–Trinajstić information content (AvgIpc) is 2.80. The summed E-state index contributed by atoms with van der Waals surface area (Å²) in [4.78, 5) is 11.6. The monoisotopic (exact) mass is 416 g/mol. The van der Waals surface area contributed by atoms with Crippen LogP contribution in [-0.4, -0.2) is 36.3 Å². The predicted octanol–water partition coefficient (Wildman–Crippen LogP) is 5.53. The van der Waals surface area contributed by atoms with Crippen LogP contribution in [0, 0.1) is 0 Å². The highest BCUT2D eigenvalue weighted by atomic mass is 35.5. The number of benzene rings is 3. The summed E-state index contributed by atoms with van der Waals surface area (Å²) in [6.45, 7) is 3.40. The van der Waals surface area contributed by atoms with E-state index < -0.39 is 0 Å². The van der Waals surface area contributed by atoms with Crippen molar-refractivity contribution in [3.8, 4) is 11.1 Å². The number of hydrogen-bond acceptors (Lipinski definition) is 5. The zero-order valence-corrected chi connectivity index (χ0v) is 17.1. The van der Waals surface area contributed by atoms with Crippen molar-refractivity contribution >= 4 is 39.8 Å². The number of para-hydroxylation sites is 1. The van der Waals surface area contributed by atoms with Gasteiger partial charge >= 0.3 is 0 Å². The van der Waals surface area contributed by atoms with Crippen LogP contribution >= 0.6 is 11.6 Å². The molecule has 6 heteroatoms. The number of ether oxygens (including phenoxy) is 1. The van der Waals surface area contributed by atoms with Crippen molar-refractivity contribution < 1.29 is 4.74 Å². The van der Waals surface area contributed by atoms with Crippen LogP contribution in [0.5, 0.6) is 0 Å². The zero-order valence-electron chi connectivity index (χ0n) is 16.4. The molecule has 5 nitrogen and oxygen atoms in total. The molecule has 2 heterocycles. The van der Waals surface area contributed by atoms with E-state index >= 15 is 0 Å². The minimum Gasteiger partial charge on any atom is -0.378 e. The molecule has 1 aliphatic rings. The lowest BCUT2D eigenvalue weighted by Crippen LogP contribution is -2.36. The first-order chi connectivity index (χ1) is 14.8. The van der Waals surface area contributed by atoms with Gasteiger partial charge in [-0.15, -0.1) is 0 Å². The molecule has 0 unspecified atom stereocenters. The zero-order chi connectivity index (χ0) is 20.3. The van der Waals surface area contributed by atoms with E-state index in [0.29, 0.717) is 11.0 Å². The Kier molecular flexibility index (Phi) is 5.22. The van der Waals surface area contributed by atoms with E-state index in [4.69, 9.17) is 21.3 Å². The lowest BCUT2D eigenvalue weighted by atomic mass is 10.0. The van der Waals surface area contributed by atoms with Crippen molar-refractivity contribution in [3.63, 3.8) is 0 Å². The van der Waals surface area contributed by atoms with Gasteiger partial charge in [0.2, 0.25) is 5.95 Å². The highest BCUT2D eigenvalue weighted by molar-refractivity contribution is 6.33. The van der Waals surface area contributed by atoms with Gasteiger partial charge in [-0.25, -0.2) is 9.97 Å². The summed E-state index contributed by atoms with van der Waals surface area (Å²) in [7, 11) is 0. The van der Waals surface area contributed by atoms with Crippen LogP contribution in [0.1, 0.15) is 0 Å². The second-order valence-electron chi connectivity index (χ2n) is 7.19. The van der Waals surface area contributed by atoms with Crippen LogP contribution in [0.15, 0.2) is 72.9 Å². The number of nitrogens with zero attached hydrogens (tertiary/aromatic N) is 3. The Morgan fingerprint density at radius 3 is 2.43 bits per heavy atom. The van der Waals surface area contributed by atoms with Gasteiger partial charge in [-0.1, -0.05) is 48.0 Å². The minimum absolute atomic E-state index is 0.557. The molecule has 150 valence electrons. The van der Waals surface area contributed by atoms with Crippen LogP contribution in [0.4, 0.5) is 17.3 Å². The third kappa shape index (κ3) is 3.82. The second kappa shape index (κ2) is 8.30. The van der Waals surface area contributed by atoms with Crippen LogP contribution < -0.4 is 10.2 Å². The molecule has 3 aromatic carbocycles. The van der Waals surface area contributed by atoms with Gasteiger partial charge in [0, 0.05) is 52.2 Å². The summed E-state index contributed by atoms with van der Waals surface area (Å²) in [6, 6.07) is 22.2. The molecular formula is C24H21ClN4O. The summed E-state index contributed by atoms with van der Waals surface area (Å²) < 4.78 is 5.43. The van der Waals surface area contributed by atoms with Crippen LogP contribution in [0.25, 0.3) is 22.0 Å². The summed E-state index contributed by atoms with van der Waals surface area (Å²) in [5.74, 6) is 0.557. The van der Waals surface area contributed by atoms with Gasteiger partial charge < -0.3 is 15.0 Å². The van der Waals surface area contributed by atoms with E-state index in [-0.39, 0.29) is 0 Å². The maximum absolute atomic E-state index is 6.44. The molecule has 1 fully saturated rings. The quantitative estimate of drug-likeness (QED) is 0.474. The van der Waals surface area contributed by atoms with Gasteiger partial charge in [0.05, 0.1) is 18.7 Å². The van der Waals surface area contributed by atoms with E-state index in [1.165, 1.54) is 5.69 Å². The van der Waals surface area contributed by atoms with Crippen molar-refractivity contribution in [2.24, 2.45) is 0 Å². The summed E-state index contributed by atoms with van der Waals surface area (Å²) >= 11 is 6.44. The first-order valence-corrected chi connectivity index (χ1v) is 10.4. The highest BCUT2D eigenvalue weighted by Gasteiger charge is 2.12.